The van der Waals surface area contributed by atoms with Crippen molar-refractivity contribution in [2.45, 2.75) is 76.2 Å². The van der Waals surface area contributed by atoms with E-state index in [4.69, 9.17) is 10.2 Å². The van der Waals surface area contributed by atoms with E-state index >= 15 is 0 Å². The number of carboxylic acid groups (broad SMARTS) is 1. The van der Waals surface area contributed by atoms with E-state index in [0.717, 1.165) is 44.2 Å². The van der Waals surface area contributed by atoms with Crippen LogP contribution in [-0.2, 0) is 4.79 Å². The van der Waals surface area contributed by atoms with Crippen molar-refractivity contribution in [1.29, 1.82) is 0 Å². The van der Waals surface area contributed by atoms with Crippen molar-refractivity contribution in [1.82, 2.24) is 15.1 Å². The molecule has 0 radical (unpaired) electrons. The zero-order valence-electron chi connectivity index (χ0n) is 14.7. The fraction of sp³-hybridized carbons (Fsp3) is 0.632. The molecule has 0 unspecified atom stereocenters. The fourth-order valence-electron chi connectivity index (χ4n) is 4.04. The molecule has 2 N–H and O–H groups in total. The molecular weight excluding hydrogens is 318 g/mol. The molecular formula is C19H27N3O3. The van der Waals surface area contributed by atoms with Crippen molar-refractivity contribution in [3.8, 4) is 0 Å². The molecule has 1 aromatic rings. The quantitative estimate of drug-likeness (QED) is 0.796. The highest BCUT2D eigenvalue weighted by atomic mass is 16.4. The van der Waals surface area contributed by atoms with Crippen LogP contribution < -0.4 is 5.32 Å². The summed E-state index contributed by atoms with van der Waals surface area (Å²) in [6.45, 7) is 3.40. The second-order valence-corrected chi connectivity index (χ2v) is 7.26. The number of nitrogens with one attached hydrogen (secondary N) is 1. The molecule has 0 aliphatic heterocycles. The first-order valence-electron chi connectivity index (χ1n) is 9.39. The Hall–Kier alpha value is -2.11. The monoisotopic (exact) mass is 345 g/mol. The summed E-state index contributed by atoms with van der Waals surface area (Å²) >= 11 is 0. The number of carbonyl (C=O) groups is 2. The van der Waals surface area contributed by atoms with Crippen molar-refractivity contribution < 1.29 is 14.7 Å². The van der Waals surface area contributed by atoms with Gasteiger partial charge in [0.15, 0.2) is 0 Å². The summed E-state index contributed by atoms with van der Waals surface area (Å²) in [5, 5.41) is 16.2. The summed E-state index contributed by atoms with van der Waals surface area (Å²) in [6.07, 6.45) is 11.5. The minimum atomic E-state index is -1.22. The predicted molar refractivity (Wildman–Crippen MR) is 94.4 cm³/mol. The van der Waals surface area contributed by atoms with Gasteiger partial charge in [0, 0.05) is 5.92 Å². The summed E-state index contributed by atoms with van der Waals surface area (Å²) in [5.41, 5.74) is 1.15. The van der Waals surface area contributed by atoms with Gasteiger partial charge in [-0.15, -0.1) is 0 Å². The highest BCUT2D eigenvalue weighted by Crippen LogP contribution is 2.35. The van der Waals surface area contributed by atoms with Gasteiger partial charge in [-0.2, -0.15) is 5.10 Å². The summed E-state index contributed by atoms with van der Waals surface area (Å²) in [4.78, 5) is 23.6. The van der Waals surface area contributed by atoms with Gasteiger partial charge in [-0.05, 0) is 31.7 Å². The van der Waals surface area contributed by atoms with E-state index in [0.29, 0.717) is 11.6 Å². The SMILES string of the molecule is C=C(NC(=O)c1cc(C2CCCCC2)nn1C1CCCCC1)C(=O)O. The molecule has 6 nitrogen and oxygen atoms in total. The Morgan fingerprint density at radius 1 is 1.08 bits per heavy atom. The van der Waals surface area contributed by atoms with E-state index in [-0.39, 0.29) is 11.7 Å². The lowest BCUT2D eigenvalue weighted by Gasteiger charge is -2.24. The Labute approximate surface area is 148 Å². The molecule has 0 atom stereocenters. The lowest BCUT2D eigenvalue weighted by Crippen LogP contribution is -2.30. The molecule has 0 bridgehead atoms. The van der Waals surface area contributed by atoms with Crippen LogP contribution in [0.3, 0.4) is 0 Å². The van der Waals surface area contributed by atoms with Crippen molar-refractivity contribution in [3.63, 3.8) is 0 Å². The van der Waals surface area contributed by atoms with Crippen molar-refractivity contribution in [3.05, 3.63) is 29.7 Å². The van der Waals surface area contributed by atoms with Crippen molar-refractivity contribution in [2.75, 3.05) is 0 Å². The Balaban J connectivity index is 1.87. The fourth-order valence-corrected chi connectivity index (χ4v) is 4.04. The maximum atomic E-state index is 12.6. The van der Waals surface area contributed by atoms with Crippen LogP contribution in [0.15, 0.2) is 18.3 Å². The zero-order valence-corrected chi connectivity index (χ0v) is 14.7. The van der Waals surface area contributed by atoms with Crippen LogP contribution in [0, 0.1) is 0 Å². The standard InChI is InChI=1S/C19H27N3O3/c1-13(19(24)25)20-18(23)17-12-16(14-8-4-2-5-9-14)21-22(17)15-10-6-3-7-11-15/h12,14-15H,1-11H2,(H,20,23)(H,24,25). The molecule has 0 spiro atoms. The van der Waals surface area contributed by atoms with Crippen LogP contribution in [0.5, 0.6) is 0 Å². The van der Waals surface area contributed by atoms with Crippen LogP contribution in [-0.4, -0.2) is 26.8 Å². The molecule has 25 heavy (non-hydrogen) atoms. The second-order valence-electron chi connectivity index (χ2n) is 7.26. The van der Waals surface area contributed by atoms with Crippen LogP contribution in [0.25, 0.3) is 0 Å². The van der Waals surface area contributed by atoms with Crippen LogP contribution in [0.1, 0.15) is 92.4 Å². The maximum Gasteiger partial charge on any atom is 0.351 e. The Kier molecular flexibility index (Phi) is 5.56. The van der Waals surface area contributed by atoms with Gasteiger partial charge in [0.1, 0.15) is 11.4 Å². The number of aliphatic carboxylic acids is 1. The number of rotatable bonds is 5. The minimum absolute atomic E-state index is 0.227. The van der Waals surface area contributed by atoms with Gasteiger partial charge >= 0.3 is 5.97 Å². The molecule has 136 valence electrons. The number of amides is 1. The molecule has 3 rings (SSSR count). The van der Waals surface area contributed by atoms with Gasteiger partial charge in [-0.3, -0.25) is 9.48 Å². The second kappa shape index (κ2) is 7.85. The number of carboxylic acids is 1. The van der Waals surface area contributed by atoms with Gasteiger partial charge in [-0.1, -0.05) is 45.1 Å². The molecule has 0 aromatic carbocycles. The third-order valence-electron chi connectivity index (χ3n) is 5.45. The Morgan fingerprint density at radius 3 is 2.28 bits per heavy atom. The number of hydrogen-bond donors (Lipinski definition) is 2. The lowest BCUT2D eigenvalue weighted by atomic mass is 9.87. The summed E-state index contributed by atoms with van der Waals surface area (Å²) in [7, 11) is 0. The van der Waals surface area contributed by atoms with Crippen LogP contribution in [0.4, 0.5) is 0 Å². The van der Waals surface area contributed by atoms with Crippen molar-refractivity contribution >= 4 is 11.9 Å². The van der Waals surface area contributed by atoms with Gasteiger partial charge in [0.2, 0.25) is 0 Å². The molecule has 1 aromatic heterocycles. The lowest BCUT2D eigenvalue weighted by molar-refractivity contribution is -0.132. The molecule has 2 fully saturated rings. The topological polar surface area (TPSA) is 84.2 Å². The van der Waals surface area contributed by atoms with E-state index in [2.05, 4.69) is 11.9 Å². The van der Waals surface area contributed by atoms with E-state index in [1.165, 1.54) is 25.7 Å². The van der Waals surface area contributed by atoms with Crippen LogP contribution in [0.2, 0.25) is 0 Å². The third-order valence-corrected chi connectivity index (χ3v) is 5.45. The zero-order chi connectivity index (χ0) is 17.8. The average Bonchev–Trinajstić information content (AvgIpc) is 3.08. The number of hydrogen-bond acceptors (Lipinski definition) is 3. The van der Waals surface area contributed by atoms with Gasteiger partial charge in [-0.25, -0.2) is 4.79 Å². The van der Waals surface area contributed by atoms with Crippen LogP contribution >= 0.6 is 0 Å². The van der Waals surface area contributed by atoms with E-state index < -0.39 is 11.9 Å². The number of aromatic nitrogens is 2. The van der Waals surface area contributed by atoms with E-state index in [1.54, 1.807) is 0 Å². The van der Waals surface area contributed by atoms with Crippen molar-refractivity contribution in [2.24, 2.45) is 0 Å². The van der Waals surface area contributed by atoms with E-state index in [9.17, 15) is 9.59 Å². The Bertz CT molecular complexity index is 653. The third kappa shape index (κ3) is 4.11. The number of nitrogens with zero attached hydrogens (tertiary/aromatic N) is 2. The molecule has 6 heteroatoms. The predicted octanol–water partition coefficient (Wildman–Crippen LogP) is 3.76. The highest BCUT2D eigenvalue weighted by Gasteiger charge is 2.27. The normalized spacial score (nSPS) is 19.5. The highest BCUT2D eigenvalue weighted by molar-refractivity contribution is 5.99. The number of carbonyl (C=O) groups excluding carboxylic acids is 1. The van der Waals surface area contributed by atoms with Gasteiger partial charge in [0.05, 0.1) is 11.7 Å². The van der Waals surface area contributed by atoms with E-state index in [1.807, 2.05) is 10.7 Å². The van der Waals surface area contributed by atoms with Gasteiger partial charge < -0.3 is 10.4 Å². The molecule has 2 aliphatic rings. The largest absolute Gasteiger partial charge is 0.477 e. The molecule has 1 heterocycles. The summed E-state index contributed by atoms with van der Waals surface area (Å²) < 4.78 is 1.85. The molecule has 1 amide bonds. The smallest absolute Gasteiger partial charge is 0.351 e. The maximum absolute atomic E-state index is 12.6. The molecule has 0 saturated heterocycles. The molecule has 2 aliphatic carbocycles. The van der Waals surface area contributed by atoms with Gasteiger partial charge in [0.25, 0.3) is 5.91 Å². The first-order chi connectivity index (χ1) is 12.1. The first kappa shape index (κ1) is 17.7. The average molecular weight is 345 g/mol. The summed E-state index contributed by atoms with van der Waals surface area (Å²) in [5.74, 6) is -1.23. The molecule has 2 saturated carbocycles. The Morgan fingerprint density at radius 2 is 1.68 bits per heavy atom. The minimum Gasteiger partial charge on any atom is -0.477 e. The summed E-state index contributed by atoms with van der Waals surface area (Å²) in [6, 6.07) is 2.10. The first-order valence-corrected chi connectivity index (χ1v) is 9.39.